The lowest BCUT2D eigenvalue weighted by atomic mass is 9.91. The van der Waals surface area contributed by atoms with Crippen LogP contribution in [-0.4, -0.2) is 23.6 Å². The van der Waals surface area contributed by atoms with Gasteiger partial charge in [0.1, 0.15) is 5.01 Å². The van der Waals surface area contributed by atoms with Crippen molar-refractivity contribution in [3.63, 3.8) is 0 Å². The summed E-state index contributed by atoms with van der Waals surface area (Å²) in [6.45, 7) is 7.51. The fourth-order valence-corrected chi connectivity index (χ4v) is 2.95. The van der Waals surface area contributed by atoms with Crippen LogP contribution in [0.5, 0.6) is 0 Å². The van der Waals surface area contributed by atoms with Crippen LogP contribution in [0.1, 0.15) is 36.1 Å². The molecule has 1 aliphatic rings. The van der Waals surface area contributed by atoms with E-state index in [0.29, 0.717) is 0 Å². The van der Waals surface area contributed by atoms with Crippen molar-refractivity contribution in [2.75, 3.05) is 13.1 Å². The van der Waals surface area contributed by atoms with Gasteiger partial charge in [-0.05, 0) is 33.2 Å². The van der Waals surface area contributed by atoms with Crippen molar-refractivity contribution in [3.05, 3.63) is 16.1 Å². The quantitative estimate of drug-likeness (QED) is 0.844. The van der Waals surface area contributed by atoms with E-state index in [0.717, 1.165) is 19.6 Å². The molecule has 0 spiro atoms. The van der Waals surface area contributed by atoms with Crippen LogP contribution in [0.25, 0.3) is 0 Å². The summed E-state index contributed by atoms with van der Waals surface area (Å²) in [5, 5.41) is 8.31. The van der Waals surface area contributed by atoms with Gasteiger partial charge in [-0.15, -0.1) is 11.3 Å². The fraction of sp³-hybridized carbons (Fsp3) is 0.750. The predicted molar refractivity (Wildman–Crippen MR) is 68.8 cm³/mol. The van der Waals surface area contributed by atoms with Crippen molar-refractivity contribution >= 4 is 11.3 Å². The van der Waals surface area contributed by atoms with E-state index in [-0.39, 0.29) is 5.54 Å². The van der Waals surface area contributed by atoms with Crippen molar-refractivity contribution in [1.82, 2.24) is 15.6 Å². The van der Waals surface area contributed by atoms with Crippen LogP contribution in [-0.2, 0) is 6.54 Å². The summed E-state index contributed by atoms with van der Waals surface area (Å²) in [5.41, 5.74) is 0.282. The van der Waals surface area contributed by atoms with Gasteiger partial charge in [-0.25, -0.2) is 4.98 Å². The Kier molecular flexibility index (Phi) is 3.95. The molecule has 0 saturated carbocycles. The second kappa shape index (κ2) is 5.25. The number of aromatic nitrogens is 1. The lowest BCUT2D eigenvalue weighted by molar-refractivity contribution is 0.267. The third kappa shape index (κ3) is 3.27. The SMILES string of the molecule is Cc1cnc(CNCC2(C)CCCCN2)s1. The number of thiazole rings is 1. The number of nitrogens with zero attached hydrogens (tertiary/aromatic N) is 1. The summed E-state index contributed by atoms with van der Waals surface area (Å²) < 4.78 is 0. The third-order valence-electron chi connectivity index (χ3n) is 3.17. The Labute approximate surface area is 102 Å². The number of rotatable bonds is 4. The maximum absolute atomic E-state index is 4.36. The first-order valence-corrected chi connectivity index (χ1v) is 6.87. The van der Waals surface area contributed by atoms with Gasteiger partial charge in [-0.2, -0.15) is 0 Å². The van der Waals surface area contributed by atoms with Gasteiger partial charge in [-0.1, -0.05) is 6.42 Å². The van der Waals surface area contributed by atoms with Gasteiger partial charge in [0, 0.05) is 29.7 Å². The van der Waals surface area contributed by atoms with Crippen LogP contribution in [0.4, 0.5) is 0 Å². The molecule has 2 heterocycles. The lowest BCUT2D eigenvalue weighted by Crippen LogP contribution is -2.52. The molecule has 0 bridgehead atoms. The fourth-order valence-electron chi connectivity index (χ4n) is 2.20. The molecule has 16 heavy (non-hydrogen) atoms. The minimum Gasteiger partial charge on any atom is -0.310 e. The first-order valence-electron chi connectivity index (χ1n) is 6.05. The zero-order valence-electron chi connectivity index (χ0n) is 10.2. The van der Waals surface area contributed by atoms with E-state index in [2.05, 4.69) is 29.5 Å². The van der Waals surface area contributed by atoms with Crippen molar-refractivity contribution in [2.45, 2.75) is 45.2 Å². The molecule has 4 heteroatoms. The molecule has 0 aliphatic carbocycles. The Morgan fingerprint density at radius 3 is 3.06 bits per heavy atom. The van der Waals surface area contributed by atoms with Gasteiger partial charge in [0.2, 0.25) is 0 Å². The zero-order valence-corrected chi connectivity index (χ0v) is 11.0. The van der Waals surface area contributed by atoms with E-state index in [4.69, 9.17) is 0 Å². The highest BCUT2D eigenvalue weighted by molar-refractivity contribution is 7.11. The standard InChI is InChI=1S/C12H21N3S/c1-10-7-14-11(16-10)8-13-9-12(2)5-3-4-6-15-12/h7,13,15H,3-6,8-9H2,1-2H3. The monoisotopic (exact) mass is 239 g/mol. The van der Waals surface area contributed by atoms with Crippen molar-refractivity contribution < 1.29 is 0 Å². The first-order chi connectivity index (χ1) is 7.68. The molecule has 90 valence electrons. The smallest absolute Gasteiger partial charge is 0.107 e. The normalized spacial score (nSPS) is 25.9. The Morgan fingerprint density at radius 2 is 2.44 bits per heavy atom. The average Bonchev–Trinajstić information content (AvgIpc) is 2.65. The maximum Gasteiger partial charge on any atom is 0.107 e. The van der Waals surface area contributed by atoms with Gasteiger partial charge in [0.25, 0.3) is 0 Å². The van der Waals surface area contributed by atoms with E-state index >= 15 is 0 Å². The van der Waals surface area contributed by atoms with Crippen LogP contribution >= 0.6 is 11.3 Å². The Morgan fingerprint density at radius 1 is 1.56 bits per heavy atom. The molecule has 2 rings (SSSR count). The number of hydrogen-bond acceptors (Lipinski definition) is 4. The molecule has 1 aromatic rings. The molecule has 1 saturated heterocycles. The highest BCUT2D eigenvalue weighted by Crippen LogP contribution is 2.18. The maximum atomic E-state index is 4.36. The molecule has 1 fully saturated rings. The molecule has 1 atom stereocenters. The third-order valence-corrected chi connectivity index (χ3v) is 4.08. The number of nitrogens with one attached hydrogen (secondary N) is 2. The Balaban J connectivity index is 1.74. The second-order valence-corrected chi connectivity index (χ2v) is 6.23. The van der Waals surface area contributed by atoms with Crippen LogP contribution in [0, 0.1) is 6.92 Å². The molecule has 1 unspecified atom stereocenters. The molecule has 0 amide bonds. The lowest BCUT2D eigenvalue weighted by Gasteiger charge is -2.35. The van der Waals surface area contributed by atoms with E-state index < -0.39 is 0 Å². The van der Waals surface area contributed by atoms with Gasteiger partial charge in [-0.3, -0.25) is 0 Å². The van der Waals surface area contributed by atoms with E-state index in [1.165, 1.54) is 29.1 Å². The minimum absolute atomic E-state index is 0.282. The molecule has 0 aromatic carbocycles. The summed E-state index contributed by atoms with van der Waals surface area (Å²) in [6.07, 6.45) is 5.89. The average molecular weight is 239 g/mol. The van der Waals surface area contributed by atoms with Crippen LogP contribution in [0.2, 0.25) is 0 Å². The van der Waals surface area contributed by atoms with Crippen molar-refractivity contribution in [2.24, 2.45) is 0 Å². The van der Waals surface area contributed by atoms with E-state index in [1.54, 1.807) is 11.3 Å². The summed E-state index contributed by atoms with van der Waals surface area (Å²) in [5.74, 6) is 0. The molecule has 2 N–H and O–H groups in total. The van der Waals surface area contributed by atoms with Crippen molar-refractivity contribution in [3.8, 4) is 0 Å². The van der Waals surface area contributed by atoms with E-state index in [9.17, 15) is 0 Å². The van der Waals surface area contributed by atoms with Crippen LogP contribution in [0.3, 0.4) is 0 Å². The highest BCUT2D eigenvalue weighted by Gasteiger charge is 2.25. The molecule has 3 nitrogen and oxygen atoms in total. The summed E-state index contributed by atoms with van der Waals surface area (Å²) in [6, 6.07) is 0. The molecular formula is C12H21N3S. The van der Waals surface area contributed by atoms with Crippen molar-refractivity contribution in [1.29, 1.82) is 0 Å². The molecule has 0 radical (unpaired) electrons. The van der Waals surface area contributed by atoms with Crippen LogP contribution in [0.15, 0.2) is 6.20 Å². The molecule has 1 aliphatic heterocycles. The molecular weight excluding hydrogens is 218 g/mol. The van der Waals surface area contributed by atoms with Gasteiger partial charge >= 0.3 is 0 Å². The Hall–Kier alpha value is -0.450. The summed E-state index contributed by atoms with van der Waals surface area (Å²) >= 11 is 1.78. The second-order valence-electron chi connectivity index (χ2n) is 4.91. The number of piperidine rings is 1. The highest BCUT2D eigenvalue weighted by atomic mass is 32.1. The number of hydrogen-bond donors (Lipinski definition) is 2. The summed E-state index contributed by atoms with van der Waals surface area (Å²) in [7, 11) is 0. The minimum atomic E-state index is 0.282. The van der Waals surface area contributed by atoms with Gasteiger partial charge in [0.05, 0.1) is 0 Å². The zero-order chi connectivity index (χ0) is 11.4. The topological polar surface area (TPSA) is 37.0 Å². The summed E-state index contributed by atoms with van der Waals surface area (Å²) in [4.78, 5) is 5.65. The largest absolute Gasteiger partial charge is 0.310 e. The predicted octanol–water partition coefficient (Wildman–Crippen LogP) is 2.07. The van der Waals surface area contributed by atoms with E-state index in [1.807, 2.05) is 6.20 Å². The van der Waals surface area contributed by atoms with Gasteiger partial charge < -0.3 is 10.6 Å². The van der Waals surface area contributed by atoms with Crippen LogP contribution < -0.4 is 10.6 Å². The number of aryl methyl sites for hydroxylation is 1. The molecule has 1 aromatic heterocycles. The first kappa shape index (κ1) is 12.0. The Bertz CT molecular complexity index is 329. The van der Waals surface area contributed by atoms with Gasteiger partial charge in [0.15, 0.2) is 0 Å².